The van der Waals surface area contributed by atoms with E-state index in [2.05, 4.69) is 13.0 Å². The minimum Gasteiger partial charge on any atom is -0.481 e. The Morgan fingerprint density at radius 3 is 2.82 bits per heavy atom. The molecule has 150 valence electrons. The van der Waals surface area contributed by atoms with Crippen LogP contribution in [0.5, 0.6) is 0 Å². The Kier molecular flexibility index (Phi) is 5.15. The lowest BCUT2D eigenvalue weighted by molar-refractivity contribution is -0.137. The van der Waals surface area contributed by atoms with Gasteiger partial charge in [0.1, 0.15) is 5.78 Å². The number of ketones is 2. The molecule has 28 heavy (non-hydrogen) atoms. The van der Waals surface area contributed by atoms with Gasteiger partial charge in [0.25, 0.3) is 0 Å². The van der Waals surface area contributed by atoms with Crippen molar-refractivity contribution in [1.82, 2.24) is 0 Å². The summed E-state index contributed by atoms with van der Waals surface area (Å²) in [5, 5.41) is 8.80. The Bertz CT molecular complexity index is 812. The second kappa shape index (κ2) is 7.46. The average molecular weight is 383 g/mol. The highest BCUT2D eigenvalue weighted by Crippen LogP contribution is 2.59. The van der Waals surface area contributed by atoms with E-state index in [-0.39, 0.29) is 17.6 Å². The Morgan fingerprint density at radius 2 is 2.04 bits per heavy atom. The third-order valence-corrected chi connectivity index (χ3v) is 7.61. The molecule has 2 fully saturated rings. The number of rotatable bonds is 5. The van der Waals surface area contributed by atoms with Gasteiger partial charge < -0.3 is 5.11 Å². The molecule has 0 aromatic rings. The number of unbranched alkanes of at least 4 members (excludes halogenated alkanes) is 2. The first kappa shape index (κ1) is 19.4. The quantitative estimate of drug-likeness (QED) is 0.684. The standard InChI is InChI=1S/C24H30O4/c1-24-12-11-19-18(20(24)9-10-21(24)26)8-7-16-14-17(25)13-15(23(16)19)5-3-2-4-6-22(27)28/h5,14,18,20H,2-4,6-13H2,1H3,(H,27,28)/t18-,20+,24+/m1/s1. The molecule has 0 aromatic carbocycles. The fraction of sp³-hybridized carbons (Fsp3) is 0.625. The summed E-state index contributed by atoms with van der Waals surface area (Å²) in [6.07, 6.45) is 12.7. The van der Waals surface area contributed by atoms with Crippen molar-refractivity contribution >= 4 is 17.5 Å². The topological polar surface area (TPSA) is 71.4 Å². The van der Waals surface area contributed by atoms with Crippen molar-refractivity contribution in [2.45, 2.75) is 77.6 Å². The third-order valence-electron chi connectivity index (χ3n) is 7.61. The lowest BCUT2D eigenvalue weighted by atomic mass is 9.57. The SMILES string of the molecule is C[C@]12CCC3=C4C(=CC(=O)CC4=CCCCCC(=O)O)CC[C@H]3[C@@H]1CCC2=O. The van der Waals surface area contributed by atoms with Crippen molar-refractivity contribution < 1.29 is 19.5 Å². The van der Waals surface area contributed by atoms with Gasteiger partial charge in [-0.2, -0.15) is 0 Å². The minimum atomic E-state index is -0.748. The minimum absolute atomic E-state index is 0.138. The normalized spacial score (nSPS) is 33.5. The Morgan fingerprint density at radius 1 is 1.21 bits per heavy atom. The summed E-state index contributed by atoms with van der Waals surface area (Å²) in [5.74, 6) is 0.845. The molecule has 4 rings (SSSR count). The van der Waals surface area contributed by atoms with Gasteiger partial charge in [-0.05, 0) is 86.0 Å². The molecule has 0 saturated heterocycles. The number of carboxylic acid groups (broad SMARTS) is 1. The summed E-state index contributed by atoms with van der Waals surface area (Å²) in [4.78, 5) is 35.5. The zero-order valence-corrected chi connectivity index (χ0v) is 16.8. The average Bonchev–Trinajstić information content (AvgIpc) is 2.95. The second-order valence-electron chi connectivity index (χ2n) is 9.21. The molecule has 0 radical (unpaired) electrons. The van der Waals surface area contributed by atoms with Crippen molar-refractivity contribution in [2.75, 3.05) is 0 Å². The summed E-state index contributed by atoms with van der Waals surface area (Å²) in [6.45, 7) is 2.18. The highest BCUT2D eigenvalue weighted by Gasteiger charge is 2.53. The number of hydrogen-bond donors (Lipinski definition) is 1. The van der Waals surface area contributed by atoms with E-state index in [1.807, 2.05) is 6.08 Å². The van der Waals surface area contributed by atoms with Gasteiger partial charge in [-0.3, -0.25) is 14.4 Å². The molecular formula is C24H30O4. The van der Waals surface area contributed by atoms with E-state index in [0.717, 1.165) is 56.9 Å². The van der Waals surface area contributed by atoms with E-state index >= 15 is 0 Å². The monoisotopic (exact) mass is 382 g/mol. The van der Waals surface area contributed by atoms with Crippen LogP contribution in [-0.2, 0) is 14.4 Å². The van der Waals surface area contributed by atoms with Crippen LogP contribution >= 0.6 is 0 Å². The lowest BCUT2D eigenvalue weighted by Crippen LogP contribution is -2.40. The maximum Gasteiger partial charge on any atom is 0.303 e. The zero-order chi connectivity index (χ0) is 19.9. The number of carboxylic acids is 1. The molecule has 4 heteroatoms. The van der Waals surface area contributed by atoms with E-state index in [4.69, 9.17) is 5.11 Å². The Labute approximate surface area is 166 Å². The molecule has 4 aliphatic rings. The summed E-state index contributed by atoms with van der Waals surface area (Å²) in [5.41, 5.74) is 5.05. The van der Waals surface area contributed by atoms with Crippen LogP contribution in [0.15, 0.2) is 34.4 Å². The molecule has 3 atom stereocenters. The fourth-order valence-electron chi connectivity index (χ4n) is 6.17. The Balaban J connectivity index is 1.62. The molecule has 0 heterocycles. The molecule has 2 saturated carbocycles. The van der Waals surface area contributed by atoms with E-state index in [1.54, 1.807) is 0 Å². The van der Waals surface area contributed by atoms with Crippen LogP contribution in [0.25, 0.3) is 0 Å². The number of carbonyl (C=O) groups excluding carboxylic acids is 2. The van der Waals surface area contributed by atoms with E-state index in [1.165, 1.54) is 16.7 Å². The maximum absolute atomic E-state index is 12.5. The molecule has 4 nitrogen and oxygen atoms in total. The predicted molar refractivity (Wildman–Crippen MR) is 107 cm³/mol. The van der Waals surface area contributed by atoms with Gasteiger partial charge >= 0.3 is 5.97 Å². The lowest BCUT2D eigenvalue weighted by Gasteiger charge is -2.46. The van der Waals surface area contributed by atoms with Crippen LogP contribution in [0.1, 0.15) is 77.6 Å². The predicted octanol–water partition coefficient (Wildman–Crippen LogP) is 4.94. The molecule has 0 aliphatic heterocycles. The highest BCUT2D eigenvalue weighted by molar-refractivity contribution is 5.96. The van der Waals surface area contributed by atoms with Gasteiger partial charge in [0.05, 0.1) is 0 Å². The first-order chi connectivity index (χ1) is 13.4. The second-order valence-corrected chi connectivity index (χ2v) is 9.21. The molecule has 0 bridgehead atoms. The van der Waals surface area contributed by atoms with Crippen LogP contribution < -0.4 is 0 Å². The van der Waals surface area contributed by atoms with Crippen molar-refractivity contribution in [3.05, 3.63) is 34.4 Å². The van der Waals surface area contributed by atoms with Gasteiger partial charge in [0, 0.05) is 24.7 Å². The van der Waals surface area contributed by atoms with Gasteiger partial charge in [0.15, 0.2) is 5.78 Å². The molecule has 4 aliphatic carbocycles. The largest absolute Gasteiger partial charge is 0.481 e. The molecule has 1 N–H and O–H groups in total. The maximum atomic E-state index is 12.5. The molecular weight excluding hydrogens is 352 g/mol. The molecule has 0 amide bonds. The summed E-state index contributed by atoms with van der Waals surface area (Å²) in [7, 11) is 0. The number of allylic oxidation sites excluding steroid dienone is 6. The summed E-state index contributed by atoms with van der Waals surface area (Å²) < 4.78 is 0. The van der Waals surface area contributed by atoms with Crippen molar-refractivity contribution in [2.24, 2.45) is 17.3 Å². The molecule has 0 aromatic heterocycles. The van der Waals surface area contributed by atoms with Crippen LogP contribution in [0.2, 0.25) is 0 Å². The number of fused-ring (bicyclic) bond motifs is 4. The molecule has 0 spiro atoms. The van der Waals surface area contributed by atoms with E-state index < -0.39 is 5.97 Å². The van der Waals surface area contributed by atoms with Gasteiger partial charge in [-0.1, -0.05) is 18.6 Å². The van der Waals surface area contributed by atoms with Crippen LogP contribution in [0, 0.1) is 17.3 Å². The van der Waals surface area contributed by atoms with Crippen LogP contribution in [0.4, 0.5) is 0 Å². The van der Waals surface area contributed by atoms with Crippen molar-refractivity contribution in [3.8, 4) is 0 Å². The summed E-state index contributed by atoms with van der Waals surface area (Å²) in [6, 6.07) is 0. The van der Waals surface area contributed by atoms with Gasteiger partial charge in [0.2, 0.25) is 0 Å². The number of Topliss-reactive ketones (excluding diaryl/α,β-unsaturated/α-hetero) is 1. The summed E-state index contributed by atoms with van der Waals surface area (Å²) >= 11 is 0. The fourth-order valence-corrected chi connectivity index (χ4v) is 6.17. The molecule has 0 unspecified atom stereocenters. The number of aliphatic carboxylic acids is 1. The van der Waals surface area contributed by atoms with E-state index in [9.17, 15) is 14.4 Å². The van der Waals surface area contributed by atoms with Gasteiger partial charge in [-0.25, -0.2) is 0 Å². The van der Waals surface area contributed by atoms with Crippen molar-refractivity contribution in [3.63, 3.8) is 0 Å². The van der Waals surface area contributed by atoms with E-state index in [0.29, 0.717) is 30.5 Å². The van der Waals surface area contributed by atoms with Crippen LogP contribution in [0.3, 0.4) is 0 Å². The smallest absolute Gasteiger partial charge is 0.303 e. The highest BCUT2D eigenvalue weighted by atomic mass is 16.4. The first-order valence-corrected chi connectivity index (χ1v) is 10.8. The third kappa shape index (κ3) is 3.31. The Hall–Kier alpha value is -1.97. The number of hydrogen-bond acceptors (Lipinski definition) is 3. The van der Waals surface area contributed by atoms with Crippen LogP contribution in [-0.4, -0.2) is 22.6 Å². The zero-order valence-electron chi connectivity index (χ0n) is 16.8. The number of carbonyl (C=O) groups is 3. The first-order valence-electron chi connectivity index (χ1n) is 10.8. The van der Waals surface area contributed by atoms with Crippen molar-refractivity contribution in [1.29, 1.82) is 0 Å². The van der Waals surface area contributed by atoms with Gasteiger partial charge in [-0.15, -0.1) is 0 Å².